The van der Waals surface area contributed by atoms with Crippen LogP contribution < -0.4 is 0 Å². The van der Waals surface area contributed by atoms with Gasteiger partial charge in [-0.25, -0.2) is 0 Å². The van der Waals surface area contributed by atoms with Crippen LogP contribution in [0, 0.1) is 0 Å². The smallest absolute Gasteiger partial charge is 0.0772 e. The first-order valence-corrected chi connectivity index (χ1v) is 4.43. The Hall–Kier alpha value is -0.380. The summed E-state index contributed by atoms with van der Waals surface area (Å²) in [6.07, 6.45) is 2.55. The third-order valence-electron chi connectivity index (χ3n) is 3.36. The number of hydrogen-bond acceptors (Lipinski definition) is 3. The maximum Gasteiger partial charge on any atom is 0.0772 e. The van der Waals surface area contributed by atoms with Gasteiger partial charge in [-0.2, -0.15) is 0 Å². The molecule has 0 aromatic rings. The van der Waals surface area contributed by atoms with Gasteiger partial charge in [0.2, 0.25) is 0 Å². The van der Waals surface area contributed by atoms with Crippen LogP contribution in [0.5, 0.6) is 0 Å². The van der Waals surface area contributed by atoms with Gasteiger partial charge < -0.3 is 10.2 Å². The van der Waals surface area contributed by atoms with Crippen LogP contribution in [0.4, 0.5) is 0 Å². The van der Waals surface area contributed by atoms with E-state index in [4.69, 9.17) is 5.11 Å². The Morgan fingerprint density at radius 3 is 3.17 bits per heavy atom. The van der Waals surface area contributed by atoms with Crippen molar-refractivity contribution in [3.05, 3.63) is 11.6 Å². The molecule has 2 aliphatic rings. The van der Waals surface area contributed by atoms with Gasteiger partial charge in [0.25, 0.3) is 0 Å². The zero-order valence-electron chi connectivity index (χ0n) is 7.32. The van der Waals surface area contributed by atoms with Crippen LogP contribution in [0.1, 0.15) is 13.3 Å². The molecule has 0 saturated carbocycles. The summed E-state index contributed by atoms with van der Waals surface area (Å²) >= 11 is 0. The van der Waals surface area contributed by atoms with Gasteiger partial charge in [-0.05, 0) is 18.9 Å². The van der Waals surface area contributed by atoms with E-state index >= 15 is 0 Å². The second-order valence-corrected chi connectivity index (χ2v) is 3.79. The summed E-state index contributed by atoms with van der Waals surface area (Å²) in [5, 5.41) is 18.9. The highest BCUT2D eigenvalue weighted by Crippen LogP contribution is 2.39. The molecule has 0 aliphatic carbocycles. The highest BCUT2D eigenvalue weighted by Gasteiger charge is 2.48. The van der Waals surface area contributed by atoms with Crippen LogP contribution in [-0.2, 0) is 0 Å². The van der Waals surface area contributed by atoms with Crippen molar-refractivity contribution in [3.63, 3.8) is 0 Å². The third kappa shape index (κ3) is 0.815. The highest BCUT2D eigenvalue weighted by atomic mass is 16.3. The van der Waals surface area contributed by atoms with Crippen molar-refractivity contribution in [2.24, 2.45) is 0 Å². The van der Waals surface area contributed by atoms with E-state index < -0.39 is 0 Å². The summed E-state index contributed by atoms with van der Waals surface area (Å²) in [5.74, 6) is 0. The van der Waals surface area contributed by atoms with Crippen molar-refractivity contribution in [2.45, 2.75) is 25.0 Å². The van der Waals surface area contributed by atoms with E-state index in [1.165, 1.54) is 0 Å². The lowest BCUT2D eigenvalue weighted by Crippen LogP contribution is -2.46. The molecule has 1 fully saturated rings. The van der Waals surface area contributed by atoms with Crippen LogP contribution in [0.25, 0.3) is 0 Å². The molecule has 2 N–H and O–H groups in total. The number of aliphatic hydroxyl groups is 2. The minimum atomic E-state index is -0.307. The van der Waals surface area contributed by atoms with Gasteiger partial charge in [-0.15, -0.1) is 0 Å². The van der Waals surface area contributed by atoms with E-state index in [2.05, 4.69) is 4.90 Å². The molecule has 12 heavy (non-hydrogen) atoms. The van der Waals surface area contributed by atoms with E-state index in [0.717, 1.165) is 25.1 Å². The summed E-state index contributed by atoms with van der Waals surface area (Å²) < 4.78 is 0. The molecule has 3 nitrogen and oxygen atoms in total. The van der Waals surface area contributed by atoms with Crippen molar-refractivity contribution in [2.75, 3.05) is 19.7 Å². The van der Waals surface area contributed by atoms with Crippen LogP contribution in [0.15, 0.2) is 11.6 Å². The van der Waals surface area contributed by atoms with E-state index in [1.54, 1.807) is 0 Å². The Kier molecular flexibility index (Phi) is 1.75. The van der Waals surface area contributed by atoms with Crippen molar-refractivity contribution in [1.82, 2.24) is 4.90 Å². The molecule has 0 unspecified atom stereocenters. The molecule has 0 spiro atoms. The molecule has 0 bridgehead atoms. The van der Waals surface area contributed by atoms with Crippen molar-refractivity contribution in [3.8, 4) is 0 Å². The topological polar surface area (TPSA) is 43.7 Å². The normalized spacial score (nSPS) is 41.6. The quantitative estimate of drug-likeness (QED) is 0.532. The second kappa shape index (κ2) is 2.55. The molecule has 2 aliphatic heterocycles. The first kappa shape index (κ1) is 8.23. The maximum atomic E-state index is 9.77. The fraction of sp³-hybridized carbons (Fsp3) is 0.778. The Balaban J connectivity index is 2.31. The van der Waals surface area contributed by atoms with Crippen LogP contribution in [-0.4, -0.2) is 46.5 Å². The summed E-state index contributed by atoms with van der Waals surface area (Å²) in [7, 11) is 0. The van der Waals surface area contributed by atoms with Gasteiger partial charge in [0.15, 0.2) is 0 Å². The summed E-state index contributed by atoms with van der Waals surface area (Å²) in [6.45, 7) is 3.91. The van der Waals surface area contributed by atoms with Crippen LogP contribution >= 0.6 is 0 Å². The lowest BCUT2D eigenvalue weighted by atomic mass is 9.89. The highest BCUT2D eigenvalue weighted by molar-refractivity contribution is 5.30. The molecule has 0 radical (unpaired) electrons. The largest absolute Gasteiger partial charge is 0.392 e. The number of aliphatic hydroxyl groups excluding tert-OH is 2. The summed E-state index contributed by atoms with van der Waals surface area (Å²) in [6, 6.07) is 0. The number of hydrogen-bond donors (Lipinski definition) is 2. The minimum absolute atomic E-state index is 0.0735. The van der Waals surface area contributed by atoms with Crippen LogP contribution in [0.3, 0.4) is 0 Å². The molecule has 3 heteroatoms. The first-order valence-electron chi connectivity index (χ1n) is 4.43. The SMILES string of the molecule is C[C@]12C(CO)=CCN1CC[C@H]2O. The number of rotatable bonds is 1. The molecule has 2 rings (SSSR count). The van der Waals surface area contributed by atoms with Gasteiger partial charge in [0.1, 0.15) is 0 Å². The average molecular weight is 169 g/mol. The predicted octanol–water partition coefficient (Wildman–Crippen LogP) is -0.256. The van der Waals surface area contributed by atoms with Crippen molar-refractivity contribution < 1.29 is 10.2 Å². The average Bonchev–Trinajstić information content (AvgIpc) is 2.51. The molecule has 0 aromatic carbocycles. The fourth-order valence-electron chi connectivity index (χ4n) is 2.35. The molecular weight excluding hydrogens is 154 g/mol. The van der Waals surface area contributed by atoms with Crippen LogP contribution in [0.2, 0.25) is 0 Å². The van der Waals surface area contributed by atoms with E-state index in [1.807, 2.05) is 13.0 Å². The third-order valence-corrected chi connectivity index (χ3v) is 3.36. The molecule has 1 saturated heterocycles. The Bertz CT molecular complexity index is 227. The summed E-state index contributed by atoms with van der Waals surface area (Å²) in [5.41, 5.74) is 0.710. The minimum Gasteiger partial charge on any atom is -0.392 e. The van der Waals surface area contributed by atoms with Crippen molar-refractivity contribution in [1.29, 1.82) is 0 Å². The van der Waals surface area contributed by atoms with Gasteiger partial charge in [0, 0.05) is 13.1 Å². The lowest BCUT2D eigenvalue weighted by molar-refractivity contribution is 0.0759. The second-order valence-electron chi connectivity index (χ2n) is 3.79. The first-order chi connectivity index (χ1) is 5.69. The zero-order chi connectivity index (χ0) is 8.77. The van der Waals surface area contributed by atoms with Gasteiger partial charge >= 0.3 is 0 Å². The number of fused-ring (bicyclic) bond motifs is 1. The van der Waals surface area contributed by atoms with Crippen molar-refractivity contribution >= 4 is 0 Å². The molecule has 2 atom stereocenters. The van der Waals surface area contributed by atoms with Gasteiger partial charge in [0.05, 0.1) is 18.2 Å². The van der Waals surface area contributed by atoms with E-state index in [0.29, 0.717) is 0 Å². The molecule has 0 amide bonds. The lowest BCUT2D eigenvalue weighted by Gasteiger charge is -2.33. The monoisotopic (exact) mass is 169 g/mol. The van der Waals surface area contributed by atoms with Gasteiger partial charge in [-0.1, -0.05) is 6.08 Å². The molecular formula is C9H15NO2. The molecule has 2 heterocycles. The standard InChI is InChI=1S/C9H15NO2/c1-9-7(6-11)2-4-10(9)5-3-8(9)12/h2,8,11-12H,3-6H2,1H3/t8-,9-/m1/s1. The van der Waals surface area contributed by atoms with Gasteiger partial charge in [-0.3, -0.25) is 4.90 Å². The van der Waals surface area contributed by atoms with E-state index in [9.17, 15) is 5.11 Å². The Morgan fingerprint density at radius 1 is 1.75 bits per heavy atom. The molecule has 0 aromatic heterocycles. The molecule has 68 valence electrons. The van der Waals surface area contributed by atoms with E-state index in [-0.39, 0.29) is 18.2 Å². The predicted molar refractivity (Wildman–Crippen MR) is 45.8 cm³/mol. The Morgan fingerprint density at radius 2 is 2.50 bits per heavy atom. The Labute approximate surface area is 72.3 Å². The zero-order valence-corrected chi connectivity index (χ0v) is 7.32. The summed E-state index contributed by atoms with van der Waals surface area (Å²) in [4.78, 5) is 2.23. The number of nitrogens with zero attached hydrogens (tertiary/aromatic N) is 1. The fourth-order valence-corrected chi connectivity index (χ4v) is 2.35. The maximum absolute atomic E-state index is 9.77.